The minimum atomic E-state index is -0.969. The predicted octanol–water partition coefficient (Wildman–Crippen LogP) is 2.47. The highest BCUT2D eigenvalue weighted by molar-refractivity contribution is 7.13. The van der Waals surface area contributed by atoms with Crippen LogP contribution < -0.4 is 0 Å². The van der Waals surface area contributed by atoms with Crippen LogP contribution in [0.15, 0.2) is 11.6 Å². The molecule has 2 aromatic heterocycles. The third-order valence-corrected chi connectivity index (χ3v) is 4.03. The summed E-state index contributed by atoms with van der Waals surface area (Å²) < 4.78 is 1.76. The fourth-order valence-electron chi connectivity index (χ4n) is 1.77. The van der Waals surface area contributed by atoms with E-state index >= 15 is 0 Å². The molecule has 0 aliphatic heterocycles. The minimum Gasteiger partial charge on any atom is -0.481 e. The molecule has 2 rings (SSSR count). The van der Waals surface area contributed by atoms with Gasteiger partial charge >= 0.3 is 5.97 Å². The van der Waals surface area contributed by atoms with E-state index in [4.69, 9.17) is 0 Å². The van der Waals surface area contributed by atoms with E-state index in [0.29, 0.717) is 5.69 Å². The van der Waals surface area contributed by atoms with Crippen molar-refractivity contribution in [2.45, 2.75) is 32.6 Å². The molecule has 0 aromatic carbocycles. The normalized spacial score (nSPS) is 11.8. The summed E-state index contributed by atoms with van der Waals surface area (Å²) in [5.41, 5.74) is 1.59. The average Bonchev–Trinajstić information content (AvgIpc) is 2.94. The summed E-state index contributed by atoms with van der Waals surface area (Å²) in [6.45, 7) is 5.37. The Morgan fingerprint density at radius 2 is 2.21 bits per heavy atom. The maximum Gasteiger partial charge on any atom is 0.315 e. The van der Waals surface area contributed by atoms with Crippen LogP contribution in [0.2, 0.25) is 0 Å². The number of carboxylic acid groups (broad SMARTS) is 1. The molecule has 102 valence electrons. The van der Waals surface area contributed by atoms with E-state index in [-0.39, 0.29) is 0 Å². The monoisotopic (exact) mass is 279 g/mol. The number of aromatic nitrogens is 3. The second kappa shape index (κ2) is 4.77. The van der Waals surface area contributed by atoms with Gasteiger partial charge in [0.1, 0.15) is 10.4 Å². The van der Waals surface area contributed by atoms with Gasteiger partial charge in [-0.05, 0) is 20.3 Å². The quantitative estimate of drug-likeness (QED) is 0.933. The standard InChI is InChI=1S/C13H17N3O2S/c1-5-9-8(6-16(4)15-9)11-14-10(7-19-11)13(2,3)12(17)18/h6-7H,5H2,1-4H3,(H,17,18). The zero-order valence-electron chi connectivity index (χ0n) is 11.5. The van der Waals surface area contributed by atoms with E-state index in [0.717, 1.165) is 22.7 Å². The smallest absolute Gasteiger partial charge is 0.315 e. The molecule has 6 heteroatoms. The molecule has 2 heterocycles. The molecular weight excluding hydrogens is 262 g/mol. The van der Waals surface area contributed by atoms with Gasteiger partial charge in [-0.3, -0.25) is 9.48 Å². The maximum atomic E-state index is 11.2. The van der Waals surface area contributed by atoms with Crippen LogP contribution in [0.4, 0.5) is 0 Å². The molecular formula is C13H17N3O2S. The number of nitrogens with zero attached hydrogens (tertiary/aromatic N) is 3. The van der Waals surface area contributed by atoms with Crippen molar-refractivity contribution in [1.82, 2.24) is 14.8 Å². The largest absolute Gasteiger partial charge is 0.481 e. The Morgan fingerprint density at radius 3 is 2.79 bits per heavy atom. The molecule has 5 nitrogen and oxygen atoms in total. The van der Waals surface area contributed by atoms with Gasteiger partial charge in [-0.1, -0.05) is 6.92 Å². The molecule has 0 bridgehead atoms. The summed E-state index contributed by atoms with van der Waals surface area (Å²) in [6.07, 6.45) is 2.75. The number of aryl methyl sites for hydroxylation is 2. The van der Waals surface area contributed by atoms with Crippen molar-refractivity contribution < 1.29 is 9.90 Å². The molecule has 0 aliphatic carbocycles. The van der Waals surface area contributed by atoms with Gasteiger partial charge in [-0.25, -0.2) is 4.98 Å². The van der Waals surface area contributed by atoms with Gasteiger partial charge in [0.25, 0.3) is 0 Å². The third kappa shape index (κ3) is 2.40. The van der Waals surface area contributed by atoms with Crippen LogP contribution in [-0.2, 0) is 23.7 Å². The van der Waals surface area contributed by atoms with E-state index in [1.165, 1.54) is 11.3 Å². The van der Waals surface area contributed by atoms with E-state index in [1.54, 1.807) is 18.5 Å². The average molecular weight is 279 g/mol. The summed E-state index contributed by atoms with van der Waals surface area (Å²) in [5.74, 6) is -0.869. The first-order valence-corrected chi connectivity index (χ1v) is 6.96. The van der Waals surface area contributed by atoms with Gasteiger partial charge in [0.15, 0.2) is 0 Å². The van der Waals surface area contributed by atoms with E-state index in [2.05, 4.69) is 10.1 Å². The molecule has 0 amide bonds. The molecule has 0 aliphatic rings. The first kappa shape index (κ1) is 13.7. The van der Waals surface area contributed by atoms with Crippen LogP contribution >= 0.6 is 11.3 Å². The van der Waals surface area contributed by atoms with Gasteiger partial charge < -0.3 is 5.11 Å². The summed E-state index contributed by atoms with van der Waals surface area (Å²) in [4.78, 5) is 15.7. The molecule has 1 N–H and O–H groups in total. The lowest BCUT2D eigenvalue weighted by molar-refractivity contribution is -0.142. The molecule has 0 unspecified atom stereocenters. The van der Waals surface area contributed by atoms with Crippen LogP contribution in [-0.4, -0.2) is 25.8 Å². The second-order valence-electron chi connectivity index (χ2n) is 4.98. The first-order valence-electron chi connectivity index (χ1n) is 6.08. The topological polar surface area (TPSA) is 68.0 Å². The zero-order chi connectivity index (χ0) is 14.2. The lowest BCUT2D eigenvalue weighted by Gasteiger charge is -2.15. The Morgan fingerprint density at radius 1 is 1.53 bits per heavy atom. The first-order chi connectivity index (χ1) is 8.86. The van der Waals surface area contributed by atoms with Gasteiger partial charge in [0.05, 0.1) is 17.0 Å². The number of rotatable bonds is 4. The number of carbonyl (C=O) groups is 1. The molecule has 2 aromatic rings. The molecule has 0 saturated carbocycles. The van der Waals surface area contributed by atoms with E-state index in [1.807, 2.05) is 25.5 Å². The molecule has 0 fully saturated rings. The Balaban J connectivity index is 2.44. The third-order valence-electron chi connectivity index (χ3n) is 3.15. The highest BCUT2D eigenvalue weighted by Gasteiger charge is 2.32. The number of thiazole rings is 1. The Hall–Kier alpha value is -1.69. The van der Waals surface area contributed by atoms with Gasteiger partial charge in [0.2, 0.25) is 0 Å². The Bertz CT molecular complexity index is 613. The molecule has 0 saturated heterocycles. The zero-order valence-corrected chi connectivity index (χ0v) is 12.3. The Labute approximate surface area is 115 Å². The molecule has 0 atom stereocenters. The summed E-state index contributed by atoms with van der Waals surface area (Å²) in [5, 5.41) is 16.3. The summed E-state index contributed by atoms with van der Waals surface area (Å²) >= 11 is 1.46. The van der Waals surface area contributed by atoms with Crippen molar-refractivity contribution in [3.05, 3.63) is 23.0 Å². The maximum absolute atomic E-state index is 11.2. The highest BCUT2D eigenvalue weighted by atomic mass is 32.1. The number of hydrogen-bond donors (Lipinski definition) is 1. The lowest BCUT2D eigenvalue weighted by Crippen LogP contribution is -2.28. The lowest BCUT2D eigenvalue weighted by atomic mass is 9.90. The number of aliphatic carboxylic acids is 1. The highest BCUT2D eigenvalue weighted by Crippen LogP contribution is 2.31. The van der Waals surface area contributed by atoms with Crippen LogP contribution in [0.25, 0.3) is 10.6 Å². The van der Waals surface area contributed by atoms with Crippen LogP contribution in [0.5, 0.6) is 0 Å². The van der Waals surface area contributed by atoms with E-state index in [9.17, 15) is 9.90 Å². The summed E-state index contributed by atoms with van der Waals surface area (Å²) in [6, 6.07) is 0. The van der Waals surface area contributed by atoms with Crippen molar-refractivity contribution in [1.29, 1.82) is 0 Å². The van der Waals surface area contributed by atoms with Crippen molar-refractivity contribution in [3.8, 4) is 10.6 Å². The van der Waals surface area contributed by atoms with Crippen molar-refractivity contribution >= 4 is 17.3 Å². The van der Waals surface area contributed by atoms with Crippen molar-refractivity contribution in [2.75, 3.05) is 0 Å². The van der Waals surface area contributed by atoms with Gasteiger partial charge in [0, 0.05) is 18.6 Å². The molecule has 0 spiro atoms. The van der Waals surface area contributed by atoms with Crippen molar-refractivity contribution in [2.24, 2.45) is 7.05 Å². The molecule has 0 radical (unpaired) electrons. The molecule has 19 heavy (non-hydrogen) atoms. The number of hydrogen-bond acceptors (Lipinski definition) is 4. The fraction of sp³-hybridized carbons (Fsp3) is 0.462. The van der Waals surface area contributed by atoms with Crippen LogP contribution in [0.3, 0.4) is 0 Å². The number of carboxylic acids is 1. The van der Waals surface area contributed by atoms with Crippen molar-refractivity contribution in [3.63, 3.8) is 0 Å². The second-order valence-corrected chi connectivity index (χ2v) is 5.84. The summed E-state index contributed by atoms with van der Waals surface area (Å²) in [7, 11) is 1.87. The van der Waals surface area contributed by atoms with Crippen LogP contribution in [0, 0.1) is 0 Å². The minimum absolute atomic E-state index is 0.589. The van der Waals surface area contributed by atoms with E-state index < -0.39 is 11.4 Å². The predicted molar refractivity (Wildman–Crippen MR) is 74.4 cm³/mol. The Kier molecular flexibility index (Phi) is 3.45. The van der Waals surface area contributed by atoms with Gasteiger partial charge in [-0.2, -0.15) is 5.10 Å². The van der Waals surface area contributed by atoms with Crippen LogP contribution in [0.1, 0.15) is 32.2 Å². The SMILES string of the molecule is CCc1nn(C)cc1-c1nc(C(C)(C)C(=O)O)cs1. The van der Waals surface area contributed by atoms with Gasteiger partial charge in [-0.15, -0.1) is 11.3 Å². The fourth-order valence-corrected chi connectivity index (χ4v) is 2.79.